The van der Waals surface area contributed by atoms with Gasteiger partial charge in [0.25, 0.3) is 0 Å². The average molecular weight is 261 g/mol. The van der Waals surface area contributed by atoms with Crippen LogP contribution < -0.4 is 0 Å². The Morgan fingerprint density at radius 2 is 2.05 bits per heavy atom. The van der Waals surface area contributed by atoms with Crippen molar-refractivity contribution in [2.24, 2.45) is 5.92 Å². The summed E-state index contributed by atoms with van der Waals surface area (Å²) in [6, 6.07) is 8.81. The molecule has 2 nitrogen and oxygen atoms in total. The van der Waals surface area contributed by atoms with Crippen LogP contribution in [0.25, 0.3) is 0 Å². The molecule has 0 aliphatic carbocycles. The number of piperidine rings is 1. The van der Waals surface area contributed by atoms with Crippen molar-refractivity contribution in [3.8, 4) is 0 Å². The minimum atomic E-state index is -0.326. The molecule has 106 valence electrons. The van der Waals surface area contributed by atoms with E-state index >= 15 is 0 Å². The lowest BCUT2D eigenvalue weighted by Gasteiger charge is -2.37. The minimum Gasteiger partial charge on any atom is -0.388 e. The van der Waals surface area contributed by atoms with Crippen LogP contribution in [0.3, 0.4) is 0 Å². The molecule has 2 heteroatoms. The second-order valence-electron chi connectivity index (χ2n) is 6.18. The Morgan fingerprint density at radius 3 is 2.74 bits per heavy atom. The summed E-state index contributed by atoms with van der Waals surface area (Å²) in [6.45, 7) is 8.92. The predicted octanol–water partition coefficient (Wildman–Crippen LogP) is 3.54. The summed E-state index contributed by atoms with van der Waals surface area (Å²) < 4.78 is 0. The van der Waals surface area contributed by atoms with Crippen molar-refractivity contribution < 1.29 is 5.11 Å². The van der Waals surface area contributed by atoms with E-state index in [-0.39, 0.29) is 6.10 Å². The molecule has 3 atom stereocenters. The molecule has 0 amide bonds. The summed E-state index contributed by atoms with van der Waals surface area (Å²) in [7, 11) is 0. The summed E-state index contributed by atoms with van der Waals surface area (Å²) in [5.41, 5.74) is 2.27. The molecule has 1 aliphatic rings. The molecule has 0 bridgehead atoms. The number of aliphatic hydroxyl groups excluding tert-OH is 1. The Bertz CT molecular complexity index is 404. The first-order valence-corrected chi connectivity index (χ1v) is 7.55. The zero-order valence-corrected chi connectivity index (χ0v) is 12.5. The van der Waals surface area contributed by atoms with E-state index in [2.05, 4.69) is 31.7 Å². The Labute approximate surface area is 117 Å². The number of hydrogen-bond donors (Lipinski definition) is 1. The van der Waals surface area contributed by atoms with Gasteiger partial charge >= 0.3 is 0 Å². The van der Waals surface area contributed by atoms with E-state index in [1.54, 1.807) is 0 Å². The molecule has 1 aromatic rings. The lowest BCUT2D eigenvalue weighted by atomic mass is 9.93. The smallest absolute Gasteiger partial charge is 0.0804 e. The van der Waals surface area contributed by atoms with Crippen molar-refractivity contribution in [2.75, 3.05) is 13.1 Å². The topological polar surface area (TPSA) is 23.5 Å². The minimum absolute atomic E-state index is 0.326. The number of rotatable bonds is 4. The van der Waals surface area contributed by atoms with Crippen molar-refractivity contribution in [1.82, 2.24) is 4.90 Å². The van der Waals surface area contributed by atoms with Crippen LogP contribution in [0.5, 0.6) is 0 Å². The number of nitrogens with zero attached hydrogens (tertiary/aromatic N) is 1. The van der Waals surface area contributed by atoms with Gasteiger partial charge < -0.3 is 10.0 Å². The Hall–Kier alpha value is -0.860. The Balaban J connectivity index is 1.87. The molecule has 1 aromatic carbocycles. The molecule has 19 heavy (non-hydrogen) atoms. The molecular weight excluding hydrogens is 234 g/mol. The van der Waals surface area contributed by atoms with Gasteiger partial charge in [-0.3, -0.25) is 0 Å². The van der Waals surface area contributed by atoms with Gasteiger partial charge in [-0.1, -0.05) is 31.2 Å². The quantitative estimate of drug-likeness (QED) is 0.896. The molecule has 1 heterocycles. The number of aryl methyl sites for hydroxylation is 1. The molecule has 1 aliphatic heterocycles. The highest BCUT2D eigenvalue weighted by molar-refractivity contribution is 5.27. The predicted molar refractivity (Wildman–Crippen MR) is 80.2 cm³/mol. The third kappa shape index (κ3) is 3.80. The first-order valence-electron chi connectivity index (χ1n) is 7.55. The van der Waals surface area contributed by atoms with Crippen LogP contribution in [0.4, 0.5) is 0 Å². The van der Waals surface area contributed by atoms with E-state index < -0.39 is 0 Å². The summed E-state index contributed by atoms with van der Waals surface area (Å²) >= 11 is 0. The maximum Gasteiger partial charge on any atom is 0.0804 e. The fraction of sp³-hybridized carbons (Fsp3) is 0.647. The second kappa shape index (κ2) is 6.53. The maximum absolute atomic E-state index is 10.3. The standard InChI is InChI=1S/C17H27NO/c1-13-8-10-18(15(3)12-13)11-9-17(19)16-7-5-4-6-14(16)2/h4-7,13,15,17,19H,8-12H2,1-3H3. The highest BCUT2D eigenvalue weighted by Crippen LogP contribution is 2.25. The van der Waals surface area contributed by atoms with Crippen molar-refractivity contribution in [3.63, 3.8) is 0 Å². The molecule has 1 N–H and O–H groups in total. The van der Waals surface area contributed by atoms with E-state index in [9.17, 15) is 5.11 Å². The number of aliphatic hydroxyl groups is 1. The van der Waals surface area contributed by atoms with Crippen LogP contribution in [0.15, 0.2) is 24.3 Å². The molecule has 0 radical (unpaired) electrons. The van der Waals surface area contributed by atoms with Gasteiger partial charge in [-0.05, 0) is 56.7 Å². The molecular formula is C17H27NO. The van der Waals surface area contributed by atoms with Gasteiger partial charge in [-0.15, -0.1) is 0 Å². The van der Waals surface area contributed by atoms with Crippen molar-refractivity contribution >= 4 is 0 Å². The molecule has 1 saturated heterocycles. The van der Waals surface area contributed by atoms with Gasteiger partial charge in [0.15, 0.2) is 0 Å². The van der Waals surface area contributed by atoms with Crippen LogP contribution in [0.2, 0.25) is 0 Å². The van der Waals surface area contributed by atoms with Crippen LogP contribution >= 0.6 is 0 Å². The van der Waals surface area contributed by atoms with E-state index in [1.807, 2.05) is 18.2 Å². The summed E-state index contributed by atoms with van der Waals surface area (Å²) in [4.78, 5) is 2.53. The van der Waals surface area contributed by atoms with Crippen molar-refractivity contribution in [3.05, 3.63) is 35.4 Å². The normalized spacial score (nSPS) is 26.3. The summed E-state index contributed by atoms with van der Waals surface area (Å²) in [5.74, 6) is 0.854. The molecule has 0 spiro atoms. The van der Waals surface area contributed by atoms with Gasteiger partial charge in [-0.2, -0.15) is 0 Å². The monoisotopic (exact) mass is 261 g/mol. The number of hydrogen-bond acceptors (Lipinski definition) is 2. The Morgan fingerprint density at radius 1 is 1.32 bits per heavy atom. The zero-order valence-electron chi connectivity index (χ0n) is 12.5. The molecule has 2 rings (SSSR count). The zero-order chi connectivity index (χ0) is 13.8. The fourth-order valence-corrected chi connectivity index (χ4v) is 3.19. The first kappa shape index (κ1) is 14.5. The van der Waals surface area contributed by atoms with Crippen LogP contribution in [0.1, 0.15) is 50.3 Å². The van der Waals surface area contributed by atoms with Crippen LogP contribution in [-0.4, -0.2) is 29.1 Å². The van der Waals surface area contributed by atoms with Crippen LogP contribution in [-0.2, 0) is 0 Å². The van der Waals surface area contributed by atoms with Gasteiger partial charge in [0.2, 0.25) is 0 Å². The highest BCUT2D eigenvalue weighted by Gasteiger charge is 2.23. The first-order chi connectivity index (χ1) is 9.08. The van der Waals surface area contributed by atoms with Gasteiger partial charge in [0.05, 0.1) is 6.10 Å². The average Bonchev–Trinajstić information content (AvgIpc) is 2.38. The van der Waals surface area contributed by atoms with Crippen molar-refractivity contribution in [1.29, 1.82) is 0 Å². The Kier molecular flexibility index (Phi) is 5.00. The SMILES string of the molecule is Cc1ccccc1C(O)CCN1CCC(C)CC1C. The molecule has 3 unspecified atom stereocenters. The van der Waals surface area contributed by atoms with E-state index in [4.69, 9.17) is 0 Å². The molecule has 0 saturated carbocycles. The summed E-state index contributed by atoms with van der Waals surface area (Å²) in [5, 5.41) is 10.3. The second-order valence-corrected chi connectivity index (χ2v) is 6.18. The van der Waals surface area contributed by atoms with Gasteiger partial charge in [0, 0.05) is 12.6 Å². The van der Waals surface area contributed by atoms with Gasteiger partial charge in [0.1, 0.15) is 0 Å². The maximum atomic E-state index is 10.3. The molecule has 1 fully saturated rings. The summed E-state index contributed by atoms with van der Waals surface area (Å²) in [6.07, 6.45) is 3.10. The number of benzene rings is 1. The largest absolute Gasteiger partial charge is 0.388 e. The lowest BCUT2D eigenvalue weighted by Crippen LogP contribution is -2.41. The van der Waals surface area contributed by atoms with E-state index in [0.717, 1.165) is 24.4 Å². The lowest BCUT2D eigenvalue weighted by molar-refractivity contribution is 0.0939. The van der Waals surface area contributed by atoms with Crippen molar-refractivity contribution in [2.45, 2.75) is 52.2 Å². The third-order valence-corrected chi connectivity index (χ3v) is 4.51. The van der Waals surface area contributed by atoms with E-state index in [0.29, 0.717) is 6.04 Å². The fourth-order valence-electron chi connectivity index (χ4n) is 3.19. The molecule has 0 aromatic heterocycles. The number of likely N-dealkylation sites (tertiary alicyclic amines) is 1. The third-order valence-electron chi connectivity index (χ3n) is 4.51. The van der Waals surface area contributed by atoms with Gasteiger partial charge in [-0.25, -0.2) is 0 Å². The van der Waals surface area contributed by atoms with E-state index in [1.165, 1.54) is 24.9 Å². The van der Waals surface area contributed by atoms with Crippen LogP contribution in [0, 0.1) is 12.8 Å². The highest BCUT2D eigenvalue weighted by atomic mass is 16.3.